The number of carbonyl (C=O) groups is 1. The molecule has 0 radical (unpaired) electrons. The summed E-state index contributed by atoms with van der Waals surface area (Å²) in [7, 11) is 1.56. The summed E-state index contributed by atoms with van der Waals surface area (Å²) in [4.78, 5) is 12.4. The molecule has 0 aromatic heterocycles. The van der Waals surface area contributed by atoms with Crippen LogP contribution in [0.1, 0.15) is 40.5 Å². The predicted molar refractivity (Wildman–Crippen MR) is 93.3 cm³/mol. The van der Waals surface area contributed by atoms with Crippen LogP contribution in [0.15, 0.2) is 12.0 Å². The van der Waals surface area contributed by atoms with Crippen molar-refractivity contribution in [2.24, 2.45) is 5.41 Å². The molecule has 0 unspecified atom stereocenters. The highest BCUT2D eigenvalue weighted by atomic mass is 16.5. The molecular weight excluding hydrogens is 310 g/mol. The Morgan fingerprint density at radius 2 is 1.92 bits per heavy atom. The van der Waals surface area contributed by atoms with E-state index in [-0.39, 0.29) is 23.5 Å². The molecule has 0 aromatic rings. The second-order valence-corrected chi connectivity index (χ2v) is 7.37. The van der Waals surface area contributed by atoms with Crippen molar-refractivity contribution in [2.75, 3.05) is 26.9 Å². The van der Waals surface area contributed by atoms with Crippen LogP contribution in [0.5, 0.6) is 0 Å². The Hall–Kier alpha value is -1.44. The molecule has 7 nitrogen and oxygen atoms in total. The third kappa shape index (κ3) is 6.22. The van der Waals surface area contributed by atoms with E-state index in [0.29, 0.717) is 19.8 Å². The van der Waals surface area contributed by atoms with Crippen molar-refractivity contribution in [2.45, 2.75) is 52.1 Å². The first-order chi connectivity index (χ1) is 11.1. The van der Waals surface area contributed by atoms with Gasteiger partial charge >= 0.3 is 0 Å². The topological polar surface area (TPSA) is 104 Å². The quantitative estimate of drug-likeness (QED) is 0.398. The van der Waals surface area contributed by atoms with Crippen molar-refractivity contribution in [3.05, 3.63) is 12.0 Å². The zero-order chi connectivity index (χ0) is 18.4. The standard InChI is InChI=1S/C17H31N3O4/c1-16(2,11-23-5)13(18)10-14(21)19-15(22)17(3,4)20-12-6-8-24-9-7-12/h10,12,18,20-21H,6-9,11H2,1-5H3,(H,19,22)/b14-10-,18-13?. The first-order valence-electron chi connectivity index (χ1n) is 8.24. The van der Waals surface area contributed by atoms with Crippen LogP contribution in [-0.2, 0) is 14.3 Å². The van der Waals surface area contributed by atoms with Gasteiger partial charge in [0.05, 0.1) is 12.1 Å². The molecule has 1 aliphatic heterocycles. The average molecular weight is 341 g/mol. The van der Waals surface area contributed by atoms with Crippen molar-refractivity contribution >= 4 is 11.6 Å². The summed E-state index contributed by atoms with van der Waals surface area (Å²) in [5, 5.41) is 23.8. The van der Waals surface area contributed by atoms with Gasteiger partial charge in [0.2, 0.25) is 5.91 Å². The minimum atomic E-state index is -0.839. The van der Waals surface area contributed by atoms with Crippen LogP contribution in [-0.4, -0.2) is 55.2 Å². The summed E-state index contributed by atoms with van der Waals surface area (Å²) < 4.78 is 10.4. The molecule has 1 aliphatic rings. The van der Waals surface area contributed by atoms with E-state index in [4.69, 9.17) is 14.9 Å². The summed E-state index contributed by atoms with van der Waals surface area (Å²) in [5.74, 6) is -0.684. The number of aliphatic hydroxyl groups excluding tert-OH is 1. The van der Waals surface area contributed by atoms with Crippen LogP contribution in [0.2, 0.25) is 0 Å². The van der Waals surface area contributed by atoms with Gasteiger partial charge in [-0.1, -0.05) is 13.8 Å². The molecule has 138 valence electrons. The van der Waals surface area contributed by atoms with E-state index in [9.17, 15) is 9.90 Å². The minimum Gasteiger partial charge on any atom is -0.494 e. The second-order valence-electron chi connectivity index (χ2n) is 7.37. The monoisotopic (exact) mass is 341 g/mol. The molecule has 1 saturated heterocycles. The van der Waals surface area contributed by atoms with Crippen LogP contribution in [0.3, 0.4) is 0 Å². The van der Waals surface area contributed by atoms with Crippen molar-refractivity contribution < 1.29 is 19.4 Å². The molecule has 0 bridgehead atoms. The van der Waals surface area contributed by atoms with Gasteiger partial charge in [-0.3, -0.25) is 10.1 Å². The first-order valence-corrected chi connectivity index (χ1v) is 8.24. The molecule has 0 saturated carbocycles. The minimum absolute atomic E-state index is 0.178. The van der Waals surface area contributed by atoms with E-state index in [0.717, 1.165) is 12.8 Å². The molecule has 4 N–H and O–H groups in total. The molecule has 24 heavy (non-hydrogen) atoms. The fourth-order valence-corrected chi connectivity index (χ4v) is 2.50. The van der Waals surface area contributed by atoms with E-state index in [1.165, 1.54) is 6.08 Å². The molecule has 0 atom stereocenters. The summed E-state index contributed by atoms with van der Waals surface area (Å²) >= 11 is 0. The largest absolute Gasteiger partial charge is 0.494 e. The lowest BCUT2D eigenvalue weighted by molar-refractivity contribution is -0.127. The molecular formula is C17H31N3O4. The fraction of sp³-hybridized carbons (Fsp3) is 0.765. The fourth-order valence-electron chi connectivity index (χ4n) is 2.50. The molecule has 1 heterocycles. The maximum absolute atomic E-state index is 12.4. The van der Waals surface area contributed by atoms with Crippen molar-refractivity contribution in [1.29, 1.82) is 5.41 Å². The Morgan fingerprint density at radius 1 is 1.33 bits per heavy atom. The number of rotatable bonds is 8. The normalized spacial score (nSPS) is 17.6. The molecule has 0 aromatic carbocycles. The second kappa shape index (κ2) is 8.60. The van der Waals surface area contributed by atoms with Gasteiger partial charge < -0.3 is 25.3 Å². The van der Waals surface area contributed by atoms with Crippen molar-refractivity contribution in [3.8, 4) is 0 Å². The molecule has 0 aliphatic carbocycles. The predicted octanol–water partition coefficient (Wildman–Crippen LogP) is 1.74. The Balaban J connectivity index is 2.63. The molecule has 1 fully saturated rings. The highest BCUT2D eigenvalue weighted by Gasteiger charge is 2.31. The van der Waals surface area contributed by atoms with Crippen LogP contribution in [0.4, 0.5) is 0 Å². The van der Waals surface area contributed by atoms with Crippen molar-refractivity contribution in [1.82, 2.24) is 10.6 Å². The number of methoxy groups -OCH3 is 1. The lowest BCUT2D eigenvalue weighted by atomic mass is 9.88. The van der Waals surface area contributed by atoms with Gasteiger partial charge in [-0.25, -0.2) is 0 Å². The van der Waals surface area contributed by atoms with Gasteiger partial charge in [0.25, 0.3) is 0 Å². The van der Waals surface area contributed by atoms with Crippen LogP contribution < -0.4 is 10.6 Å². The zero-order valence-corrected chi connectivity index (χ0v) is 15.4. The molecule has 7 heteroatoms. The van der Waals surface area contributed by atoms with E-state index < -0.39 is 11.0 Å². The number of nitrogens with one attached hydrogen (secondary N) is 3. The lowest BCUT2D eigenvalue weighted by Gasteiger charge is -2.32. The summed E-state index contributed by atoms with van der Waals surface area (Å²) in [6.45, 7) is 8.93. The van der Waals surface area contributed by atoms with E-state index >= 15 is 0 Å². The Bertz CT molecular complexity index is 480. The third-order valence-corrected chi connectivity index (χ3v) is 4.11. The smallest absolute Gasteiger partial charge is 0.246 e. The van der Waals surface area contributed by atoms with Gasteiger partial charge in [-0.15, -0.1) is 0 Å². The number of amides is 1. The molecule has 1 rings (SSSR count). The van der Waals surface area contributed by atoms with Crippen LogP contribution >= 0.6 is 0 Å². The first kappa shape index (κ1) is 20.6. The molecule has 1 amide bonds. The van der Waals surface area contributed by atoms with Crippen molar-refractivity contribution in [3.63, 3.8) is 0 Å². The highest BCUT2D eigenvalue weighted by molar-refractivity contribution is 5.97. The third-order valence-electron chi connectivity index (χ3n) is 4.11. The lowest BCUT2D eigenvalue weighted by Crippen LogP contribution is -2.56. The number of ether oxygens (including phenoxy) is 2. The maximum atomic E-state index is 12.4. The Morgan fingerprint density at radius 3 is 2.46 bits per heavy atom. The Kier molecular flexibility index (Phi) is 7.38. The van der Waals surface area contributed by atoms with E-state index in [1.54, 1.807) is 21.0 Å². The zero-order valence-electron chi connectivity index (χ0n) is 15.4. The van der Waals surface area contributed by atoms with Crippen LogP contribution in [0.25, 0.3) is 0 Å². The highest BCUT2D eigenvalue weighted by Crippen LogP contribution is 2.18. The number of aliphatic hydroxyl groups is 1. The summed E-state index contributed by atoms with van der Waals surface area (Å²) in [6.07, 6.45) is 2.96. The number of carbonyl (C=O) groups excluding carboxylic acids is 1. The maximum Gasteiger partial charge on any atom is 0.246 e. The van der Waals surface area contributed by atoms with Gasteiger partial charge in [0.1, 0.15) is 0 Å². The van der Waals surface area contributed by atoms with Gasteiger partial charge in [-0.05, 0) is 26.7 Å². The van der Waals surface area contributed by atoms with Gasteiger partial charge in [0, 0.05) is 43.6 Å². The number of allylic oxidation sites excluding steroid dienone is 1. The van der Waals surface area contributed by atoms with Gasteiger partial charge in [-0.2, -0.15) is 0 Å². The SMILES string of the molecule is COCC(C)(C)C(=N)/C=C(\O)NC(=O)C(C)(C)NC1CCOCC1. The number of hydrogen-bond acceptors (Lipinski definition) is 6. The average Bonchev–Trinajstić information content (AvgIpc) is 2.47. The Labute approximate surface area is 144 Å². The van der Waals surface area contributed by atoms with E-state index in [2.05, 4.69) is 10.6 Å². The summed E-state index contributed by atoms with van der Waals surface area (Å²) in [6, 6.07) is 0.213. The van der Waals surface area contributed by atoms with Crippen LogP contribution in [0, 0.1) is 10.8 Å². The van der Waals surface area contributed by atoms with Gasteiger partial charge in [0.15, 0.2) is 5.88 Å². The summed E-state index contributed by atoms with van der Waals surface area (Å²) in [5.41, 5.74) is -1.21. The molecule has 0 spiro atoms. The van der Waals surface area contributed by atoms with E-state index in [1.807, 2.05) is 13.8 Å². The number of hydrogen-bond donors (Lipinski definition) is 4.